The summed E-state index contributed by atoms with van der Waals surface area (Å²) >= 11 is 1.36. The van der Waals surface area contributed by atoms with Crippen molar-refractivity contribution in [2.24, 2.45) is 0 Å². The van der Waals surface area contributed by atoms with Gasteiger partial charge in [0, 0.05) is 5.54 Å². The van der Waals surface area contributed by atoms with Gasteiger partial charge in [0.1, 0.15) is 11.4 Å². The number of aromatic nitrogens is 2. The van der Waals surface area contributed by atoms with Crippen LogP contribution in [0.5, 0.6) is 0 Å². The molecule has 2 aromatic rings. The highest BCUT2D eigenvalue weighted by molar-refractivity contribution is 7.16. The van der Waals surface area contributed by atoms with Gasteiger partial charge in [-0.3, -0.25) is 19.5 Å². The van der Waals surface area contributed by atoms with Gasteiger partial charge in [-0.1, -0.05) is 0 Å². The third-order valence-electron chi connectivity index (χ3n) is 2.51. The van der Waals surface area contributed by atoms with E-state index in [1.165, 1.54) is 22.2 Å². The number of amides is 3. The number of fused-ring (bicyclic) bond motifs is 1. The van der Waals surface area contributed by atoms with Crippen molar-refractivity contribution in [2.45, 2.75) is 32.9 Å². The van der Waals surface area contributed by atoms with E-state index in [0.717, 1.165) is 0 Å². The lowest BCUT2D eigenvalue weighted by molar-refractivity contribution is -0.120. The van der Waals surface area contributed by atoms with E-state index in [0.29, 0.717) is 10.2 Å². The summed E-state index contributed by atoms with van der Waals surface area (Å²) in [5.74, 6) is -0.574. The fourth-order valence-electron chi connectivity index (χ4n) is 1.70. The number of hydrogen-bond acceptors (Lipinski definition) is 5. The molecule has 0 aliphatic carbocycles. The van der Waals surface area contributed by atoms with Gasteiger partial charge in [0.2, 0.25) is 5.91 Å². The van der Waals surface area contributed by atoms with Crippen LogP contribution in [-0.4, -0.2) is 27.0 Å². The number of hydrogen-bond donors (Lipinski definition) is 2. The fraction of sp³-hybridized carbons (Fsp3) is 0.385. The highest BCUT2D eigenvalue weighted by Crippen LogP contribution is 2.13. The van der Waals surface area contributed by atoms with Crippen LogP contribution in [0.15, 0.2) is 22.6 Å². The molecule has 0 saturated heterocycles. The maximum atomic E-state index is 12.1. The van der Waals surface area contributed by atoms with Gasteiger partial charge in [0.15, 0.2) is 0 Å². The quantitative estimate of drug-likeness (QED) is 0.868. The second kappa shape index (κ2) is 5.65. The van der Waals surface area contributed by atoms with E-state index in [2.05, 4.69) is 15.6 Å². The van der Waals surface area contributed by atoms with E-state index < -0.39 is 17.5 Å². The molecule has 2 heterocycles. The maximum absolute atomic E-state index is 12.1. The van der Waals surface area contributed by atoms with E-state index >= 15 is 0 Å². The molecular weight excluding hydrogens is 292 g/mol. The fourth-order valence-corrected chi connectivity index (χ4v) is 2.42. The van der Waals surface area contributed by atoms with Crippen molar-refractivity contribution in [3.8, 4) is 0 Å². The molecular formula is C13H16N4O3S. The van der Waals surface area contributed by atoms with E-state index in [-0.39, 0.29) is 12.1 Å². The number of nitrogens with zero attached hydrogens (tertiary/aromatic N) is 2. The molecule has 21 heavy (non-hydrogen) atoms. The Morgan fingerprint density at radius 3 is 2.76 bits per heavy atom. The SMILES string of the molecule is CC(C)(C)NC(=O)NC(=O)Cn1cnc2sccc2c1=O. The zero-order valence-electron chi connectivity index (χ0n) is 12.0. The molecule has 0 spiro atoms. The van der Waals surface area contributed by atoms with Crippen LogP contribution in [0.2, 0.25) is 0 Å². The molecule has 0 fully saturated rings. The minimum Gasteiger partial charge on any atom is -0.333 e. The van der Waals surface area contributed by atoms with Crippen LogP contribution in [0.1, 0.15) is 20.8 Å². The Morgan fingerprint density at radius 1 is 1.38 bits per heavy atom. The summed E-state index contributed by atoms with van der Waals surface area (Å²) in [6.07, 6.45) is 1.31. The highest BCUT2D eigenvalue weighted by atomic mass is 32.1. The molecule has 0 saturated carbocycles. The lowest BCUT2D eigenvalue weighted by Gasteiger charge is -2.20. The van der Waals surface area contributed by atoms with Gasteiger partial charge in [0.25, 0.3) is 5.56 Å². The number of nitrogens with one attached hydrogen (secondary N) is 2. The monoisotopic (exact) mass is 308 g/mol. The zero-order chi connectivity index (χ0) is 15.6. The van der Waals surface area contributed by atoms with E-state index in [1.807, 2.05) is 0 Å². The summed E-state index contributed by atoms with van der Waals surface area (Å²) in [7, 11) is 0. The van der Waals surface area contributed by atoms with E-state index in [4.69, 9.17) is 0 Å². The van der Waals surface area contributed by atoms with Crippen molar-refractivity contribution in [3.63, 3.8) is 0 Å². The summed E-state index contributed by atoms with van der Waals surface area (Å²) in [5.41, 5.74) is -0.745. The maximum Gasteiger partial charge on any atom is 0.321 e. The second-order valence-electron chi connectivity index (χ2n) is 5.57. The van der Waals surface area contributed by atoms with Crippen LogP contribution in [0.25, 0.3) is 10.2 Å². The molecule has 2 N–H and O–H groups in total. The first-order valence-corrected chi connectivity index (χ1v) is 7.19. The summed E-state index contributed by atoms with van der Waals surface area (Å²) in [4.78, 5) is 40.2. The molecule has 2 rings (SSSR count). The molecule has 0 aliphatic heterocycles. The van der Waals surface area contributed by atoms with Crippen molar-refractivity contribution < 1.29 is 9.59 Å². The summed E-state index contributed by atoms with van der Waals surface area (Å²) < 4.78 is 1.18. The highest BCUT2D eigenvalue weighted by Gasteiger charge is 2.16. The first-order valence-electron chi connectivity index (χ1n) is 6.31. The van der Waals surface area contributed by atoms with Crippen LogP contribution in [-0.2, 0) is 11.3 Å². The van der Waals surface area contributed by atoms with Crippen molar-refractivity contribution in [1.82, 2.24) is 20.2 Å². The Labute approximate surface area is 125 Å². The van der Waals surface area contributed by atoms with E-state index in [9.17, 15) is 14.4 Å². The smallest absolute Gasteiger partial charge is 0.321 e. The molecule has 112 valence electrons. The van der Waals surface area contributed by atoms with Gasteiger partial charge in [-0.2, -0.15) is 0 Å². The number of carbonyl (C=O) groups excluding carboxylic acids is 2. The average Bonchev–Trinajstić information content (AvgIpc) is 2.79. The molecule has 0 bridgehead atoms. The minimum atomic E-state index is -0.592. The molecule has 2 aromatic heterocycles. The number of imide groups is 1. The summed E-state index contributed by atoms with van der Waals surface area (Å²) in [6.45, 7) is 5.15. The number of urea groups is 1. The van der Waals surface area contributed by atoms with Crippen LogP contribution in [0.3, 0.4) is 0 Å². The van der Waals surface area contributed by atoms with Crippen molar-refractivity contribution in [2.75, 3.05) is 0 Å². The van der Waals surface area contributed by atoms with Gasteiger partial charge >= 0.3 is 6.03 Å². The Kier molecular flexibility index (Phi) is 4.08. The first kappa shape index (κ1) is 15.2. The van der Waals surface area contributed by atoms with Crippen LogP contribution in [0.4, 0.5) is 4.79 Å². The number of thiophene rings is 1. The Bertz CT molecular complexity index is 742. The topological polar surface area (TPSA) is 93.1 Å². The predicted octanol–water partition coefficient (Wildman–Crippen LogP) is 1.08. The summed E-state index contributed by atoms with van der Waals surface area (Å²) in [5, 5.41) is 7.02. The third kappa shape index (κ3) is 3.88. The Hall–Kier alpha value is -2.22. The van der Waals surface area contributed by atoms with E-state index in [1.54, 1.807) is 32.2 Å². The molecule has 0 aliphatic rings. The zero-order valence-corrected chi connectivity index (χ0v) is 12.8. The predicted molar refractivity (Wildman–Crippen MR) is 80.3 cm³/mol. The molecule has 7 nitrogen and oxygen atoms in total. The second-order valence-corrected chi connectivity index (χ2v) is 6.46. The normalized spacial score (nSPS) is 11.4. The Balaban J connectivity index is 2.06. The van der Waals surface area contributed by atoms with Gasteiger partial charge < -0.3 is 5.32 Å². The van der Waals surface area contributed by atoms with Gasteiger partial charge in [-0.05, 0) is 32.2 Å². The van der Waals surface area contributed by atoms with Crippen LogP contribution >= 0.6 is 11.3 Å². The van der Waals surface area contributed by atoms with Gasteiger partial charge in [-0.15, -0.1) is 11.3 Å². The lowest BCUT2D eigenvalue weighted by Crippen LogP contribution is -2.49. The standard InChI is InChI=1S/C13H16N4O3S/c1-13(2,3)16-12(20)15-9(18)6-17-7-14-10-8(11(17)19)4-5-21-10/h4-5,7H,6H2,1-3H3,(H2,15,16,18,20). The largest absolute Gasteiger partial charge is 0.333 e. The molecule has 8 heteroatoms. The Morgan fingerprint density at radius 2 is 2.10 bits per heavy atom. The summed E-state index contributed by atoms with van der Waals surface area (Å²) in [6, 6.07) is 1.07. The van der Waals surface area contributed by atoms with Gasteiger partial charge in [-0.25, -0.2) is 9.78 Å². The first-order chi connectivity index (χ1) is 9.76. The van der Waals surface area contributed by atoms with Gasteiger partial charge in [0.05, 0.1) is 11.7 Å². The molecule has 3 amide bonds. The molecule has 0 atom stereocenters. The third-order valence-corrected chi connectivity index (χ3v) is 3.33. The molecule has 0 aromatic carbocycles. The van der Waals surface area contributed by atoms with Crippen molar-refractivity contribution in [1.29, 1.82) is 0 Å². The van der Waals surface area contributed by atoms with Crippen molar-refractivity contribution in [3.05, 3.63) is 28.1 Å². The van der Waals surface area contributed by atoms with Crippen molar-refractivity contribution >= 4 is 33.5 Å². The van der Waals surface area contributed by atoms with Crippen LogP contribution < -0.4 is 16.2 Å². The lowest BCUT2D eigenvalue weighted by atomic mass is 10.1. The number of carbonyl (C=O) groups is 2. The molecule has 0 radical (unpaired) electrons. The van der Waals surface area contributed by atoms with Crippen LogP contribution in [0, 0.1) is 0 Å². The number of rotatable bonds is 2. The minimum absolute atomic E-state index is 0.255. The average molecular weight is 308 g/mol. The molecule has 0 unspecified atom stereocenters.